The molecule has 0 fully saturated rings. The first-order valence-corrected chi connectivity index (χ1v) is 4.24. The van der Waals surface area contributed by atoms with Crippen molar-refractivity contribution >= 4 is 34.8 Å². The lowest BCUT2D eigenvalue weighted by molar-refractivity contribution is 0.605. The van der Waals surface area contributed by atoms with Crippen LogP contribution in [0.2, 0.25) is 5.22 Å². The van der Waals surface area contributed by atoms with Gasteiger partial charge in [-0.2, -0.15) is 0 Å². The zero-order valence-electron chi connectivity index (χ0n) is 6.08. The zero-order chi connectivity index (χ0) is 8.55. The minimum Gasteiger partial charge on any atom is -0.445 e. The van der Waals surface area contributed by atoms with Crippen LogP contribution in [0.3, 0.4) is 0 Å². The Hall–Kier alpha value is -0.860. The highest BCUT2D eigenvalue weighted by Crippen LogP contribution is 2.20. The van der Waals surface area contributed by atoms with Gasteiger partial charge in [0.1, 0.15) is 5.58 Å². The quantitative estimate of drug-likeness (QED) is 0.595. The van der Waals surface area contributed by atoms with E-state index >= 15 is 0 Å². The second-order valence-electron chi connectivity index (χ2n) is 2.41. The second kappa shape index (κ2) is 2.88. The fourth-order valence-corrected chi connectivity index (χ4v) is 1.61. The third-order valence-electron chi connectivity index (χ3n) is 1.60. The predicted octanol–water partition coefficient (Wildman–Crippen LogP) is 3.82. The molecule has 0 saturated carbocycles. The SMILES string of the molecule is S=c1cc(Cl)oc2ccccc12. The van der Waals surface area contributed by atoms with Crippen LogP contribution < -0.4 is 0 Å². The molecule has 1 nitrogen and oxygen atoms in total. The summed E-state index contributed by atoms with van der Waals surface area (Å²) in [5.41, 5.74) is 0.731. The Labute approximate surface area is 79.6 Å². The molecule has 0 unspecified atom stereocenters. The van der Waals surface area contributed by atoms with Crippen molar-refractivity contribution in [3.05, 3.63) is 40.1 Å². The van der Waals surface area contributed by atoms with Gasteiger partial charge in [0.15, 0.2) is 5.22 Å². The molecular weight excluding hydrogens is 192 g/mol. The molecular formula is C9H5ClOS. The third-order valence-corrected chi connectivity index (χ3v) is 2.13. The highest BCUT2D eigenvalue weighted by Gasteiger charge is 1.97. The van der Waals surface area contributed by atoms with E-state index in [1.807, 2.05) is 24.3 Å². The average molecular weight is 197 g/mol. The van der Waals surface area contributed by atoms with E-state index in [0.717, 1.165) is 15.5 Å². The second-order valence-corrected chi connectivity index (χ2v) is 3.22. The summed E-state index contributed by atoms with van der Waals surface area (Å²) in [6.07, 6.45) is 0. The van der Waals surface area contributed by atoms with Crippen molar-refractivity contribution in [2.45, 2.75) is 0 Å². The maximum absolute atomic E-state index is 5.69. The largest absolute Gasteiger partial charge is 0.445 e. The van der Waals surface area contributed by atoms with Gasteiger partial charge in [-0.15, -0.1) is 0 Å². The molecule has 0 aliphatic heterocycles. The van der Waals surface area contributed by atoms with Gasteiger partial charge >= 0.3 is 0 Å². The van der Waals surface area contributed by atoms with Crippen LogP contribution in [-0.4, -0.2) is 0 Å². The monoisotopic (exact) mass is 196 g/mol. The van der Waals surface area contributed by atoms with Gasteiger partial charge in [-0.05, 0) is 23.7 Å². The van der Waals surface area contributed by atoms with E-state index in [9.17, 15) is 0 Å². The number of rotatable bonds is 0. The molecule has 0 atom stereocenters. The smallest absolute Gasteiger partial charge is 0.195 e. The fraction of sp³-hybridized carbons (Fsp3) is 0. The van der Waals surface area contributed by atoms with Gasteiger partial charge in [-0.25, -0.2) is 0 Å². The standard InChI is InChI=1S/C9H5ClOS/c10-9-5-8(12)6-3-1-2-4-7(6)11-9/h1-5H. The summed E-state index contributed by atoms with van der Waals surface area (Å²) in [7, 11) is 0. The van der Waals surface area contributed by atoms with Crippen LogP contribution in [0.1, 0.15) is 0 Å². The first-order valence-electron chi connectivity index (χ1n) is 3.46. The number of benzene rings is 1. The summed E-state index contributed by atoms with van der Waals surface area (Å²) in [6.45, 7) is 0. The third kappa shape index (κ3) is 1.24. The number of fused-ring (bicyclic) bond motifs is 1. The van der Waals surface area contributed by atoms with E-state index < -0.39 is 0 Å². The summed E-state index contributed by atoms with van der Waals surface area (Å²) in [5, 5.41) is 1.26. The highest BCUT2D eigenvalue weighted by molar-refractivity contribution is 7.71. The fourth-order valence-electron chi connectivity index (χ4n) is 1.07. The molecule has 0 N–H and O–H groups in total. The summed E-state index contributed by atoms with van der Waals surface area (Å²) in [6, 6.07) is 9.20. The van der Waals surface area contributed by atoms with Crippen molar-refractivity contribution in [1.82, 2.24) is 0 Å². The van der Waals surface area contributed by atoms with E-state index in [-0.39, 0.29) is 0 Å². The van der Waals surface area contributed by atoms with Gasteiger partial charge in [0.05, 0.1) is 4.51 Å². The Bertz CT molecular complexity index is 475. The van der Waals surface area contributed by atoms with Crippen molar-refractivity contribution < 1.29 is 4.42 Å². The lowest BCUT2D eigenvalue weighted by Crippen LogP contribution is -1.72. The van der Waals surface area contributed by atoms with Crippen LogP contribution in [0.15, 0.2) is 34.7 Å². The Balaban J connectivity index is 2.99. The number of hydrogen-bond acceptors (Lipinski definition) is 2. The van der Waals surface area contributed by atoms with Crippen molar-refractivity contribution in [2.24, 2.45) is 0 Å². The molecule has 12 heavy (non-hydrogen) atoms. The van der Waals surface area contributed by atoms with Crippen LogP contribution in [-0.2, 0) is 0 Å². The topological polar surface area (TPSA) is 13.1 Å². The van der Waals surface area contributed by atoms with Crippen molar-refractivity contribution in [2.75, 3.05) is 0 Å². The number of para-hydroxylation sites is 1. The van der Waals surface area contributed by atoms with Crippen LogP contribution in [0, 0.1) is 4.51 Å². The molecule has 0 amide bonds. The number of hydrogen-bond donors (Lipinski definition) is 0. The van der Waals surface area contributed by atoms with Gasteiger partial charge in [-0.3, -0.25) is 0 Å². The molecule has 0 aliphatic carbocycles. The minimum absolute atomic E-state index is 0.332. The minimum atomic E-state index is 0.332. The van der Waals surface area contributed by atoms with Crippen LogP contribution in [0.25, 0.3) is 11.0 Å². The maximum atomic E-state index is 5.69. The first kappa shape index (κ1) is 7.77. The van der Waals surface area contributed by atoms with Gasteiger partial charge in [-0.1, -0.05) is 24.4 Å². The Kier molecular flexibility index (Phi) is 1.87. The van der Waals surface area contributed by atoms with E-state index in [1.165, 1.54) is 0 Å². The van der Waals surface area contributed by atoms with Crippen molar-refractivity contribution in [3.63, 3.8) is 0 Å². The van der Waals surface area contributed by atoms with E-state index in [2.05, 4.69) is 0 Å². The number of halogens is 1. The molecule has 0 saturated heterocycles. The summed E-state index contributed by atoms with van der Waals surface area (Å²) in [4.78, 5) is 0. The normalized spacial score (nSPS) is 10.4. The van der Waals surface area contributed by atoms with Crippen LogP contribution >= 0.6 is 23.8 Å². The van der Waals surface area contributed by atoms with Crippen molar-refractivity contribution in [1.29, 1.82) is 0 Å². The molecule has 0 aliphatic rings. The summed E-state index contributed by atoms with van der Waals surface area (Å²) in [5.74, 6) is 0. The molecule has 0 bridgehead atoms. The molecule has 2 rings (SSSR count). The Morgan fingerprint density at radius 3 is 2.83 bits per heavy atom. The van der Waals surface area contributed by atoms with Gasteiger partial charge in [0.25, 0.3) is 0 Å². The molecule has 0 spiro atoms. The lowest BCUT2D eigenvalue weighted by atomic mass is 10.2. The summed E-state index contributed by atoms with van der Waals surface area (Å²) < 4.78 is 5.97. The zero-order valence-corrected chi connectivity index (χ0v) is 7.65. The molecule has 1 aromatic carbocycles. The predicted molar refractivity (Wildman–Crippen MR) is 52.1 cm³/mol. The molecule has 60 valence electrons. The molecule has 1 heterocycles. The lowest BCUT2D eigenvalue weighted by Gasteiger charge is -1.96. The Morgan fingerprint density at radius 2 is 2.00 bits per heavy atom. The van der Waals surface area contributed by atoms with Gasteiger partial charge in [0.2, 0.25) is 0 Å². The maximum Gasteiger partial charge on any atom is 0.195 e. The van der Waals surface area contributed by atoms with Gasteiger partial charge < -0.3 is 4.42 Å². The van der Waals surface area contributed by atoms with E-state index in [4.69, 9.17) is 28.2 Å². The Morgan fingerprint density at radius 1 is 1.25 bits per heavy atom. The molecule has 0 radical (unpaired) electrons. The molecule has 1 aromatic heterocycles. The van der Waals surface area contributed by atoms with Crippen molar-refractivity contribution in [3.8, 4) is 0 Å². The average Bonchev–Trinajstić information content (AvgIpc) is 2.04. The van der Waals surface area contributed by atoms with E-state index in [0.29, 0.717) is 5.22 Å². The highest BCUT2D eigenvalue weighted by atomic mass is 35.5. The van der Waals surface area contributed by atoms with Crippen LogP contribution in [0.4, 0.5) is 0 Å². The van der Waals surface area contributed by atoms with Gasteiger partial charge in [0, 0.05) is 11.5 Å². The molecule has 3 heteroatoms. The molecule has 2 aromatic rings. The van der Waals surface area contributed by atoms with Crippen LogP contribution in [0.5, 0.6) is 0 Å². The summed E-state index contributed by atoms with van der Waals surface area (Å²) >= 11 is 10.8. The van der Waals surface area contributed by atoms with E-state index in [1.54, 1.807) is 6.07 Å². The first-order chi connectivity index (χ1) is 5.77.